The fourth-order valence-electron chi connectivity index (χ4n) is 9.34. The number of fused-ring (bicyclic) bond motifs is 8. The Morgan fingerprint density at radius 1 is 0.569 bits per heavy atom. The summed E-state index contributed by atoms with van der Waals surface area (Å²) in [6, 6.07) is 51.8. The summed E-state index contributed by atoms with van der Waals surface area (Å²) in [6.07, 6.45) is 2.70. The van der Waals surface area contributed by atoms with Crippen molar-refractivity contribution < 1.29 is 8.83 Å². The largest absolute Gasteiger partial charge is 0.456 e. The van der Waals surface area contributed by atoms with Gasteiger partial charge in [-0.3, -0.25) is 14.6 Å². The van der Waals surface area contributed by atoms with Crippen molar-refractivity contribution in [3.63, 3.8) is 0 Å². The van der Waals surface area contributed by atoms with Crippen LogP contribution < -0.4 is 10.9 Å². The highest BCUT2D eigenvalue weighted by Crippen LogP contribution is 2.58. The van der Waals surface area contributed by atoms with E-state index in [0.717, 1.165) is 63.6 Å². The Labute approximate surface area is 330 Å². The third-order valence-corrected chi connectivity index (χ3v) is 12.3. The van der Waals surface area contributed by atoms with Crippen LogP contribution in [0.3, 0.4) is 0 Å². The molecule has 0 N–H and O–H groups in total. The fraction of sp³-hybridized carbons (Fsp3) is 0.0980. The van der Waals surface area contributed by atoms with Crippen LogP contribution in [0.4, 0.5) is 0 Å². The molecule has 2 unspecified atom stereocenters. The van der Waals surface area contributed by atoms with Crippen LogP contribution in [0.25, 0.3) is 71.4 Å². The third-order valence-electron chi connectivity index (χ3n) is 12.3. The molecule has 0 spiro atoms. The van der Waals surface area contributed by atoms with Gasteiger partial charge in [0.05, 0.1) is 49.4 Å². The van der Waals surface area contributed by atoms with E-state index in [9.17, 15) is 9.59 Å². The molecule has 1 aliphatic carbocycles. The summed E-state index contributed by atoms with van der Waals surface area (Å²) < 4.78 is 15.5. The molecule has 0 radical (unpaired) electrons. The van der Waals surface area contributed by atoms with Crippen LogP contribution in [-0.4, -0.2) is 16.1 Å². The van der Waals surface area contributed by atoms with Crippen LogP contribution in [0.2, 0.25) is 0 Å². The number of amidine groups is 1. The number of hydrogen-bond acceptors (Lipinski definition) is 6. The van der Waals surface area contributed by atoms with Crippen molar-refractivity contribution in [2.75, 3.05) is 0 Å². The molecular weight excluding hydrogens is 719 g/mol. The van der Waals surface area contributed by atoms with Crippen molar-refractivity contribution in [1.82, 2.24) is 4.57 Å². The highest BCUT2D eigenvalue weighted by atomic mass is 16.3. The Morgan fingerprint density at radius 2 is 1.21 bits per heavy atom. The number of aromatic nitrogens is 1. The molecule has 10 aromatic rings. The predicted molar refractivity (Wildman–Crippen MR) is 233 cm³/mol. The van der Waals surface area contributed by atoms with Crippen LogP contribution in [0.1, 0.15) is 36.0 Å². The molecule has 276 valence electrons. The summed E-state index contributed by atoms with van der Waals surface area (Å²) in [6.45, 7) is 0. The summed E-state index contributed by atoms with van der Waals surface area (Å²) >= 11 is 0. The molecule has 2 aliphatic rings. The van der Waals surface area contributed by atoms with Gasteiger partial charge in [-0.25, -0.2) is 4.99 Å². The minimum atomic E-state index is -0.402. The molecule has 4 heterocycles. The van der Waals surface area contributed by atoms with E-state index in [-0.39, 0.29) is 10.9 Å². The Bertz CT molecular complexity index is 3490. The van der Waals surface area contributed by atoms with Gasteiger partial charge in [-0.1, -0.05) is 103 Å². The standard InChI is InChI=1S/C51H33N3O4/c55-47-36-24-23-33(54-42-20-9-7-16-34(42)35-17-8-10-21-43(35)54)26-44(36)57-45-28-46-40(27-39(45)47)48(56)37-18-11-19-38(49(37)58-46)50-52-41(30-12-3-1-4-13-30)25-22-32-29-51(32,53-50)31-14-5-2-6-15-31/h1-21,23-24,26-28,32H,22,25,29H2. The second-order valence-electron chi connectivity index (χ2n) is 15.5. The van der Waals surface area contributed by atoms with Gasteiger partial charge in [-0.2, -0.15) is 0 Å². The lowest BCUT2D eigenvalue weighted by Gasteiger charge is -2.19. The van der Waals surface area contributed by atoms with Gasteiger partial charge < -0.3 is 13.4 Å². The van der Waals surface area contributed by atoms with E-state index >= 15 is 0 Å². The van der Waals surface area contributed by atoms with Gasteiger partial charge in [0.1, 0.15) is 22.3 Å². The van der Waals surface area contributed by atoms with Crippen LogP contribution in [0.15, 0.2) is 186 Å². The molecule has 0 amide bonds. The molecule has 12 rings (SSSR count). The SMILES string of the molecule is O=c1c2ccc(-n3c4ccccc4c4ccccc43)cc2oc2cc3oc4c(C5=NC6(c7ccccc7)CC6CCC(c6ccccc6)=N5)cccc4c(=O)c3cc12. The predicted octanol–water partition coefficient (Wildman–Crippen LogP) is 11.2. The van der Waals surface area contributed by atoms with Crippen LogP contribution >= 0.6 is 0 Å². The van der Waals surface area contributed by atoms with Gasteiger partial charge in [0.2, 0.25) is 10.9 Å². The Morgan fingerprint density at radius 3 is 1.97 bits per heavy atom. The second-order valence-corrected chi connectivity index (χ2v) is 15.5. The zero-order valence-electron chi connectivity index (χ0n) is 31.2. The minimum absolute atomic E-state index is 0.211. The quantitative estimate of drug-likeness (QED) is 0.167. The van der Waals surface area contributed by atoms with E-state index < -0.39 is 5.54 Å². The fourth-order valence-corrected chi connectivity index (χ4v) is 9.34. The zero-order valence-corrected chi connectivity index (χ0v) is 31.2. The molecule has 7 nitrogen and oxygen atoms in total. The Balaban J connectivity index is 1.06. The van der Waals surface area contributed by atoms with Gasteiger partial charge in [0.15, 0.2) is 5.84 Å². The lowest BCUT2D eigenvalue weighted by atomic mass is 9.96. The first-order valence-electron chi connectivity index (χ1n) is 19.7. The summed E-state index contributed by atoms with van der Waals surface area (Å²) in [5.74, 6) is 0.899. The number of aliphatic imine (C=N–C) groups is 2. The van der Waals surface area contributed by atoms with E-state index in [1.165, 1.54) is 0 Å². The molecule has 7 heteroatoms. The first-order valence-corrected chi connectivity index (χ1v) is 19.7. The van der Waals surface area contributed by atoms with Crippen molar-refractivity contribution in [1.29, 1.82) is 0 Å². The third kappa shape index (κ3) is 4.86. The smallest absolute Gasteiger partial charge is 0.200 e. The molecule has 1 fully saturated rings. The molecule has 1 aliphatic heterocycles. The molecular formula is C51H33N3O4. The molecule has 2 atom stereocenters. The lowest BCUT2D eigenvalue weighted by Crippen LogP contribution is -2.17. The van der Waals surface area contributed by atoms with Crippen molar-refractivity contribution >= 4 is 77.2 Å². The second kappa shape index (κ2) is 12.3. The number of rotatable bonds is 4. The molecule has 1 saturated carbocycles. The van der Waals surface area contributed by atoms with Gasteiger partial charge in [0, 0.05) is 28.6 Å². The van der Waals surface area contributed by atoms with Gasteiger partial charge >= 0.3 is 0 Å². The van der Waals surface area contributed by atoms with Crippen molar-refractivity contribution in [2.45, 2.75) is 24.8 Å². The van der Waals surface area contributed by atoms with Crippen LogP contribution in [-0.2, 0) is 5.54 Å². The molecule has 0 saturated heterocycles. The van der Waals surface area contributed by atoms with Gasteiger partial charge in [0.25, 0.3) is 0 Å². The Kier molecular flexibility index (Phi) is 6.97. The Hall–Kier alpha value is -7.38. The zero-order chi connectivity index (χ0) is 38.5. The maximum Gasteiger partial charge on any atom is 0.200 e. The van der Waals surface area contributed by atoms with Crippen LogP contribution in [0.5, 0.6) is 0 Å². The summed E-state index contributed by atoms with van der Waals surface area (Å²) in [7, 11) is 0. The van der Waals surface area contributed by atoms with Crippen molar-refractivity contribution in [3.8, 4) is 5.69 Å². The van der Waals surface area contributed by atoms with E-state index in [1.54, 1.807) is 18.2 Å². The monoisotopic (exact) mass is 751 g/mol. The van der Waals surface area contributed by atoms with Crippen LogP contribution in [0, 0.1) is 5.92 Å². The number of hydrogen-bond donors (Lipinski definition) is 0. The van der Waals surface area contributed by atoms with Gasteiger partial charge in [-0.15, -0.1) is 0 Å². The molecule has 58 heavy (non-hydrogen) atoms. The van der Waals surface area contributed by atoms with E-state index in [0.29, 0.717) is 61.2 Å². The summed E-state index contributed by atoms with van der Waals surface area (Å²) in [4.78, 5) is 39.4. The summed E-state index contributed by atoms with van der Waals surface area (Å²) in [5, 5.41) is 3.74. The summed E-state index contributed by atoms with van der Waals surface area (Å²) in [5.41, 5.74) is 7.44. The van der Waals surface area contributed by atoms with Gasteiger partial charge in [-0.05, 0) is 78.8 Å². The van der Waals surface area contributed by atoms with E-state index in [2.05, 4.69) is 65.2 Å². The van der Waals surface area contributed by atoms with Crippen molar-refractivity contribution in [3.05, 3.63) is 195 Å². The maximum absolute atomic E-state index is 14.4. The number of nitrogens with zero attached hydrogens (tertiary/aromatic N) is 3. The number of benzene rings is 7. The lowest BCUT2D eigenvalue weighted by molar-refractivity contribution is 0.600. The molecule has 0 bridgehead atoms. The maximum atomic E-state index is 14.4. The normalized spacial score (nSPS) is 18.0. The highest BCUT2D eigenvalue weighted by molar-refractivity contribution is 6.17. The first-order chi connectivity index (χ1) is 28.5. The molecule has 3 aromatic heterocycles. The molecule has 7 aromatic carbocycles. The topological polar surface area (TPSA) is 90.1 Å². The highest BCUT2D eigenvalue weighted by Gasteiger charge is 2.56. The van der Waals surface area contributed by atoms with E-state index in [4.69, 9.17) is 18.8 Å². The number of para-hydroxylation sites is 3. The minimum Gasteiger partial charge on any atom is -0.456 e. The first kappa shape index (κ1) is 32.8. The van der Waals surface area contributed by atoms with E-state index in [1.807, 2.05) is 78.9 Å². The van der Waals surface area contributed by atoms with Crippen molar-refractivity contribution in [2.24, 2.45) is 15.9 Å². The average Bonchev–Trinajstić information content (AvgIpc) is 3.85. The average molecular weight is 752 g/mol.